The van der Waals surface area contributed by atoms with Crippen molar-refractivity contribution < 1.29 is 14.9 Å². The van der Waals surface area contributed by atoms with Gasteiger partial charge in [-0.05, 0) is 17.9 Å². The van der Waals surface area contributed by atoms with Crippen molar-refractivity contribution in [1.29, 1.82) is 0 Å². The second kappa shape index (κ2) is 7.39. The summed E-state index contributed by atoms with van der Waals surface area (Å²) in [5.74, 6) is 0.255. The van der Waals surface area contributed by atoms with Crippen molar-refractivity contribution >= 4 is 0 Å². The molecule has 0 heterocycles. The second-order valence-corrected chi connectivity index (χ2v) is 4.18. The Morgan fingerprint density at radius 3 is 2.56 bits per heavy atom. The minimum atomic E-state index is -0.629. The third-order valence-electron chi connectivity index (χ3n) is 2.40. The lowest BCUT2D eigenvalue weighted by Crippen LogP contribution is -2.18. The number of ether oxygens (including phenoxy) is 1. The fourth-order valence-corrected chi connectivity index (χ4v) is 1.56. The molecule has 1 aromatic rings. The number of rotatable bonds is 7. The minimum absolute atomic E-state index is 0.178. The Morgan fingerprint density at radius 2 is 1.94 bits per heavy atom. The van der Waals surface area contributed by atoms with E-state index in [9.17, 15) is 5.11 Å². The van der Waals surface area contributed by atoms with Crippen LogP contribution in [0.5, 0.6) is 0 Å². The van der Waals surface area contributed by atoms with E-state index in [4.69, 9.17) is 9.84 Å². The SMILES string of the molecule is CC(COCc1ccccc1)CC(O)CO. The van der Waals surface area contributed by atoms with Crippen LogP contribution < -0.4 is 0 Å². The molecule has 0 aliphatic heterocycles. The van der Waals surface area contributed by atoms with E-state index in [0.717, 1.165) is 5.56 Å². The van der Waals surface area contributed by atoms with Crippen LogP contribution in [0.15, 0.2) is 30.3 Å². The first-order valence-corrected chi connectivity index (χ1v) is 5.63. The van der Waals surface area contributed by atoms with Gasteiger partial charge >= 0.3 is 0 Å². The molecule has 2 atom stereocenters. The lowest BCUT2D eigenvalue weighted by atomic mass is 10.1. The number of hydrogen-bond donors (Lipinski definition) is 2. The van der Waals surface area contributed by atoms with Gasteiger partial charge in [-0.2, -0.15) is 0 Å². The molecule has 0 aliphatic rings. The summed E-state index contributed by atoms with van der Waals surface area (Å²) in [6.45, 7) is 3.03. The normalized spacial score (nSPS) is 14.7. The topological polar surface area (TPSA) is 49.7 Å². The monoisotopic (exact) mass is 224 g/mol. The molecule has 0 bridgehead atoms. The number of hydrogen-bond acceptors (Lipinski definition) is 3. The Labute approximate surface area is 96.7 Å². The first-order chi connectivity index (χ1) is 7.72. The van der Waals surface area contributed by atoms with Crippen LogP contribution in [0, 0.1) is 5.92 Å². The Hall–Kier alpha value is -0.900. The van der Waals surface area contributed by atoms with E-state index < -0.39 is 6.10 Å². The first-order valence-electron chi connectivity index (χ1n) is 5.63. The molecule has 1 aromatic carbocycles. The second-order valence-electron chi connectivity index (χ2n) is 4.18. The van der Waals surface area contributed by atoms with Crippen molar-refractivity contribution in [3.05, 3.63) is 35.9 Å². The number of aliphatic hydroxyl groups excluding tert-OH is 2. The van der Waals surface area contributed by atoms with Gasteiger partial charge in [-0.3, -0.25) is 0 Å². The highest BCUT2D eigenvalue weighted by atomic mass is 16.5. The van der Waals surface area contributed by atoms with E-state index >= 15 is 0 Å². The molecule has 90 valence electrons. The van der Waals surface area contributed by atoms with Crippen LogP contribution >= 0.6 is 0 Å². The van der Waals surface area contributed by atoms with Gasteiger partial charge in [0.05, 0.1) is 19.3 Å². The number of aliphatic hydroxyl groups is 2. The zero-order valence-electron chi connectivity index (χ0n) is 9.67. The summed E-state index contributed by atoms with van der Waals surface area (Å²) in [4.78, 5) is 0. The molecule has 1 rings (SSSR count). The lowest BCUT2D eigenvalue weighted by molar-refractivity contribution is 0.0422. The third kappa shape index (κ3) is 5.26. The Bertz CT molecular complexity index is 274. The summed E-state index contributed by atoms with van der Waals surface area (Å²) < 4.78 is 5.53. The van der Waals surface area contributed by atoms with Crippen LogP contribution in [0.3, 0.4) is 0 Å². The van der Waals surface area contributed by atoms with Gasteiger partial charge in [0.15, 0.2) is 0 Å². The van der Waals surface area contributed by atoms with Crippen LogP contribution in [0.2, 0.25) is 0 Å². The van der Waals surface area contributed by atoms with Gasteiger partial charge in [-0.15, -0.1) is 0 Å². The Kier molecular flexibility index (Phi) is 6.08. The largest absolute Gasteiger partial charge is 0.394 e. The molecule has 0 saturated carbocycles. The average Bonchev–Trinajstić information content (AvgIpc) is 2.30. The van der Waals surface area contributed by atoms with Crippen molar-refractivity contribution in [2.24, 2.45) is 5.92 Å². The molecule has 0 spiro atoms. The van der Waals surface area contributed by atoms with Crippen LogP contribution in [0.1, 0.15) is 18.9 Å². The zero-order chi connectivity index (χ0) is 11.8. The molecule has 0 saturated heterocycles. The maximum atomic E-state index is 9.24. The predicted octanol–water partition coefficient (Wildman–Crippen LogP) is 1.58. The molecule has 0 radical (unpaired) electrons. The molecule has 0 aromatic heterocycles. The van der Waals surface area contributed by atoms with Crippen LogP contribution in [0.4, 0.5) is 0 Å². The third-order valence-corrected chi connectivity index (χ3v) is 2.40. The fourth-order valence-electron chi connectivity index (χ4n) is 1.56. The van der Waals surface area contributed by atoms with E-state index in [1.807, 2.05) is 37.3 Å². The maximum Gasteiger partial charge on any atom is 0.0774 e. The number of benzene rings is 1. The zero-order valence-corrected chi connectivity index (χ0v) is 9.67. The highest BCUT2D eigenvalue weighted by molar-refractivity contribution is 5.13. The highest BCUT2D eigenvalue weighted by Crippen LogP contribution is 2.08. The van der Waals surface area contributed by atoms with Crippen molar-refractivity contribution in [2.45, 2.75) is 26.1 Å². The van der Waals surface area contributed by atoms with Gasteiger partial charge in [0.1, 0.15) is 0 Å². The molecule has 3 nitrogen and oxygen atoms in total. The van der Waals surface area contributed by atoms with E-state index in [1.165, 1.54) is 0 Å². The van der Waals surface area contributed by atoms with E-state index in [1.54, 1.807) is 0 Å². The molecular weight excluding hydrogens is 204 g/mol. The Morgan fingerprint density at radius 1 is 1.25 bits per heavy atom. The summed E-state index contributed by atoms with van der Waals surface area (Å²) in [6.07, 6.45) is -0.0546. The van der Waals surface area contributed by atoms with E-state index in [0.29, 0.717) is 19.6 Å². The van der Waals surface area contributed by atoms with Crippen molar-refractivity contribution in [3.8, 4) is 0 Å². The summed E-state index contributed by atoms with van der Waals surface area (Å²) >= 11 is 0. The van der Waals surface area contributed by atoms with Gasteiger partial charge < -0.3 is 14.9 Å². The molecule has 0 aliphatic carbocycles. The van der Waals surface area contributed by atoms with Gasteiger partial charge in [-0.25, -0.2) is 0 Å². The van der Waals surface area contributed by atoms with Gasteiger partial charge in [0, 0.05) is 6.61 Å². The quantitative estimate of drug-likeness (QED) is 0.739. The molecule has 2 unspecified atom stereocenters. The van der Waals surface area contributed by atoms with E-state index in [-0.39, 0.29) is 12.5 Å². The molecule has 16 heavy (non-hydrogen) atoms. The van der Waals surface area contributed by atoms with E-state index in [2.05, 4.69) is 0 Å². The van der Waals surface area contributed by atoms with Crippen LogP contribution in [-0.2, 0) is 11.3 Å². The van der Waals surface area contributed by atoms with Crippen LogP contribution in [0.25, 0.3) is 0 Å². The maximum absolute atomic E-state index is 9.24. The van der Waals surface area contributed by atoms with Gasteiger partial charge in [0.25, 0.3) is 0 Å². The summed E-state index contributed by atoms with van der Waals surface area (Å²) in [6, 6.07) is 9.99. The molecule has 2 N–H and O–H groups in total. The first kappa shape index (κ1) is 13.2. The predicted molar refractivity (Wildman–Crippen MR) is 63.0 cm³/mol. The van der Waals surface area contributed by atoms with Crippen molar-refractivity contribution in [2.75, 3.05) is 13.2 Å². The van der Waals surface area contributed by atoms with Crippen LogP contribution in [-0.4, -0.2) is 29.5 Å². The highest BCUT2D eigenvalue weighted by Gasteiger charge is 2.09. The van der Waals surface area contributed by atoms with Crippen molar-refractivity contribution in [3.63, 3.8) is 0 Å². The molecular formula is C13H20O3. The van der Waals surface area contributed by atoms with Gasteiger partial charge in [-0.1, -0.05) is 37.3 Å². The minimum Gasteiger partial charge on any atom is -0.394 e. The fraction of sp³-hybridized carbons (Fsp3) is 0.538. The molecule has 3 heteroatoms. The summed E-state index contributed by atoms with van der Waals surface area (Å²) in [7, 11) is 0. The average molecular weight is 224 g/mol. The smallest absolute Gasteiger partial charge is 0.0774 e. The molecule has 0 amide bonds. The van der Waals surface area contributed by atoms with Gasteiger partial charge in [0.2, 0.25) is 0 Å². The summed E-state index contributed by atoms with van der Waals surface area (Å²) in [5.41, 5.74) is 1.15. The van der Waals surface area contributed by atoms with Crippen molar-refractivity contribution in [1.82, 2.24) is 0 Å². The summed E-state index contributed by atoms with van der Waals surface area (Å²) in [5, 5.41) is 17.9. The lowest BCUT2D eigenvalue weighted by Gasteiger charge is -2.14. The standard InChI is InChI=1S/C13H20O3/c1-11(7-13(15)8-14)9-16-10-12-5-3-2-4-6-12/h2-6,11,13-15H,7-10H2,1H3. The molecule has 0 fully saturated rings. The Balaban J connectivity index is 2.15.